The minimum atomic E-state index is -0.943. The average molecular weight is 484 g/mol. The molecule has 1 amide bonds. The first-order chi connectivity index (χ1) is 16.7. The lowest BCUT2D eigenvalue weighted by Gasteiger charge is -2.58. The van der Waals surface area contributed by atoms with E-state index in [1.165, 1.54) is 5.57 Å². The Labute approximate surface area is 211 Å². The summed E-state index contributed by atoms with van der Waals surface area (Å²) >= 11 is 0. The van der Waals surface area contributed by atoms with Crippen LogP contribution >= 0.6 is 0 Å². The third-order valence-corrected chi connectivity index (χ3v) is 10.4. The molecule has 0 aromatic rings. The molecule has 6 atom stereocenters. The molecule has 4 aliphatic rings. The Morgan fingerprint density at radius 1 is 1.20 bits per heavy atom. The van der Waals surface area contributed by atoms with Gasteiger partial charge in [-0.15, -0.1) is 6.42 Å². The van der Waals surface area contributed by atoms with Crippen molar-refractivity contribution in [2.75, 3.05) is 32.8 Å². The molecule has 0 aromatic carbocycles. The summed E-state index contributed by atoms with van der Waals surface area (Å²) in [6, 6.07) is 0. The van der Waals surface area contributed by atoms with Crippen molar-refractivity contribution in [1.29, 1.82) is 0 Å². The fourth-order valence-electron chi connectivity index (χ4n) is 8.01. The number of terminal acetylenes is 1. The van der Waals surface area contributed by atoms with Gasteiger partial charge in [0.2, 0.25) is 0 Å². The zero-order valence-corrected chi connectivity index (χ0v) is 22.2. The summed E-state index contributed by atoms with van der Waals surface area (Å²) in [5, 5.41) is 18.4. The molecule has 0 aliphatic heterocycles. The number of oxime groups is 1. The number of hydrogen-bond donors (Lipinski definition) is 2. The number of carbonyl (C=O) groups excluding carboxylic acids is 1. The molecule has 3 fully saturated rings. The molecular formula is C29H45N3O3. The molecule has 4 rings (SSSR count). The van der Waals surface area contributed by atoms with Crippen LogP contribution in [0.2, 0.25) is 0 Å². The van der Waals surface area contributed by atoms with E-state index in [-0.39, 0.29) is 23.3 Å². The standard InChI is InChI=1S/C29H45N3O3/c1-6-29(34)16-13-25-23-10-9-21-19-22(11-14-27(21,4)24(23)12-15-28(25,29)5)31-35-20-26(33)30-17-18-32(7-2)8-3/h1,19,23-25,34H,7-18,20H2,2-5H3,(H,30,33)/b31-22+/t23?,24?,25?,27?,28?,29-/m1/s1. The van der Waals surface area contributed by atoms with Crippen LogP contribution < -0.4 is 5.32 Å². The number of likely N-dealkylation sites (N-methyl/N-ethyl adjacent to an activating group) is 1. The van der Waals surface area contributed by atoms with Crippen LogP contribution in [-0.4, -0.2) is 60.0 Å². The molecule has 6 heteroatoms. The normalized spacial score (nSPS) is 39.3. The van der Waals surface area contributed by atoms with Gasteiger partial charge in [-0.05, 0) is 93.7 Å². The van der Waals surface area contributed by atoms with Crippen LogP contribution in [0.15, 0.2) is 16.8 Å². The first kappa shape index (κ1) is 26.2. The largest absolute Gasteiger partial charge is 0.385 e. The zero-order valence-electron chi connectivity index (χ0n) is 22.2. The number of fused-ring (bicyclic) bond motifs is 5. The highest BCUT2D eigenvalue weighted by molar-refractivity contribution is 5.96. The number of carbonyl (C=O) groups is 1. The highest BCUT2D eigenvalue weighted by atomic mass is 16.6. The number of amides is 1. The SMILES string of the molecule is C#C[C@@]1(O)CCC2C3CCC4=C/C(=N/OCC(=O)NCCN(CC)CC)CCC4(C)C3CCC21C. The van der Waals surface area contributed by atoms with Crippen LogP contribution in [0.3, 0.4) is 0 Å². The summed E-state index contributed by atoms with van der Waals surface area (Å²) in [6.45, 7) is 12.4. The van der Waals surface area contributed by atoms with Gasteiger partial charge < -0.3 is 20.2 Å². The Bertz CT molecular complexity index is 903. The van der Waals surface area contributed by atoms with Gasteiger partial charge >= 0.3 is 0 Å². The lowest BCUT2D eigenvalue weighted by molar-refractivity contribution is -0.125. The van der Waals surface area contributed by atoms with Crippen LogP contribution in [0.5, 0.6) is 0 Å². The summed E-state index contributed by atoms with van der Waals surface area (Å²) in [4.78, 5) is 19.8. The van der Waals surface area contributed by atoms with Gasteiger partial charge in [-0.1, -0.05) is 44.3 Å². The van der Waals surface area contributed by atoms with E-state index < -0.39 is 5.60 Å². The second kappa shape index (κ2) is 10.3. The van der Waals surface area contributed by atoms with Crippen LogP contribution in [0.25, 0.3) is 0 Å². The van der Waals surface area contributed by atoms with Crippen molar-refractivity contribution in [3.63, 3.8) is 0 Å². The van der Waals surface area contributed by atoms with Crippen LogP contribution in [0.4, 0.5) is 0 Å². The third-order valence-electron chi connectivity index (χ3n) is 10.4. The van der Waals surface area contributed by atoms with Crippen molar-refractivity contribution in [3.05, 3.63) is 11.6 Å². The lowest BCUT2D eigenvalue weighted by Crippen LogP contribution is -2.54. The van der Waals surface area contributed by atoms with Crippen molar-refractivity contribution < 1.29 is 14.7 Å². The van der Waals surface area contributed by atoms with Crippen molar-refractivity contribution in [1.82, 2.24) is 10.2 Å². The highest BCUT2D eigenvalue weighted by Gasteiger charge is 2.63. The first-order valence-electron chi connectivity index (χ1n) is 13.8. The first-order valence-corrected chi connectivity index (χ1v) is 13.8. The van der Waals surface area contributed by atoms with Gasteiger partial charge in [0.25, 0.3) is 5.91 Å². The summed E-state index contributed by atoms with van der Waals surface area (Å²) in [6.07, 6.45) is 16.2. The number of nitrogens with one attached hydrogen (secondary N) is 1. The number of nitrogens with zero attached hydrogens (tertiary/aromatic N) is 2. The van der Waals surface area contributed by atoms with Gasteiger partial charge in [-0.25, -0.2) is 0 Å². The second-order valence-corrected chi connectivity index (χ2v) is 11.7. The predicted octanol–water partition coefficient (Wildman–Crippen LogP) is 4.14. The Kier molecular flexibility index (Phi) is 7.69. The topological polar surface area (TPSA) is 74.2 Å². The van der Waals surface area contributed by atoms with Gasteiger partial charge in [0.05, 0.1) is 5.71 Å². The minimum absolute atomic E-state index is 0.0365. The molecule has 0 heterocycles. The average Bonchev–Trinajstić information content (AvgIpc) is 3.13. The van der Waals surface area contributed by atoms with Gasteiger partial charge in [-0.2, -0.15) is 0 Å². The fourth-order valence-corrected chi connectivity index (χ4v) is 8.01. The molecule has 3 saturated carbocycles. The lowest BCUT2D eigenvalue weighted by atomic mass is 9.46. The van der Waals surface area contributed by atoms with E-state index in [1.807, 2.05) is 0 Å². The summed E-state index contributed by atoms with van der Waals surface area (Å²) < 4.78 is 0. The van der Waals surface area contributed by atoms with Gasteiger partial charge in [0, 0.05) is 18.5 Å². The maximum absolute atomic E-state index is 12.1. The van der Waals surface area contributed by atoms with E-state index in [4.69, 9.17) is 11.3 Å². The summed E-state index contributed by atoms with van der Waals surface area (Å²) in [5.74, 6) is 4.44. The monoisotopic (exact) mass is 483 g/mol. The number of allylic oxidation sites excluding steroid dienone is 2. The van der Waals surface area contributed by atoms with Crippen molar-refractivity contribution >= 4 is 11.6 Å². The molecular weight excluding hydrogens is 438 g/mol. The zero-order chi connectivity index (χ0) is 25.3. The van der Waals surface area contributed by atoms with E-state index in [9.17, 15) is 9.90 Å². The third kappa shape index (κ3) is 4.67. The fraction of sp³-hybridized carbons (Fsp3) is 0.793. The van der Waals surface area contributed by atoms with E-state index >= 15 is 0 Å². The summed E-state index contributed by atoms with van der Waals surface area (Å²) in [5.41, 5.74) is 1.53. The Morgan fingerprint density at radius 3 is 2.66 bits per heavy atom. The Hall–Kier alpha value is -1.84. The number of hydrogen-bond acceptors (Lipinski definition) is 5. The molecule has 6 nitrogen and oxygen atoms in total. The minimum Gasteiger partial charge on any atom is -0.385 e. The predicted molar refractivity (Wildman–Crippen MR) is 140 cm³/mol. The van der Waals surface area contributed by atoms with E-state index in [2.05, 4.69) is 55.1 Å². The Balaban J connectivity index is 1.35. The Morgan fingerprint density at radius 2 is 1.94 bits per heavy atom. The van der Waals surface area contributed by atoms with Gasteiger partial charge in [0.15, 0.2) is 6.61 Å². The van der Waals surface area contributed by atoms with Gasteiger partial charge in [0.1, 0.15) is 5.60 Å². The molecule has 0 aromatic heterocycles. The number of aliphatic hydroxyl groups is 1. The second-order valence-electron chi connectivity index (χ2n) is 11.7. The van der Waals surface area contributed by atoms with E-state index in [0.717, 1.165) is 76.7 Å². The molecule has 2 N–H and O–H groups in total. The molecule has 0 bridgehead atoms. The van der Waals surface area contributed by atoms with Crippen molar-refractivity contribution in [3.8, 4) is 12.3 Å². The highest BCUT2D eigenvalue weighted by Crippen LogP contribution is 2.67. The molecule has 194 valence electrons. The molecule has 0 saturated heterocycles. The summed E-state index contributed by atoms with van der Waals surface area (Å²) in [7, 11) is 0. The van der Waals surface area contributed by atoms with Crippen LogP contribution in [0.1, 0.15) is 79.1 Å². The molecule has 0 radical (unpaired) electrons. The molecule has 4 aliphatic carbocycles. The van der Waals surface area contributed by atoms with Crippen molar-refractivity contribution in [2.45, 2.75) is 84.7 Å². The maximum atomic E-state index is 12.1. The number of rotatable bonds is 8. The van der Waals surface area contributed by atoms with E-state index in [1.54, 1.807) is 0 Å². The quantitative estimate of drug-likeness (QED) is 0.402. The van der Waals surface area contributed by atoms with E-state index in [0.29, 0.717) is 24.3 Å². The van der Waals surface area contributed by atoms with Gasteiger partial charge in [-0.3, -0.25) is 4.79 Å². The smallest absolute Gasteiger partial charge is 0.260 e. The molecule has 35 heavy (non-hydrogen) atoms. The van der Waals surface area contributed by atoms with Crippen LogP contribution in [-0.2, 0) is 9.63 Å². The van der Waals surface area contributed by atoms with Crippen molar-refractivity contribution in [2.24, 2.45) is 33.7 Å². The van der Waals surface area contributed by atoms with Crippen LogP contribution in [0, 0.1) is 40.9 Å². The molecule has 0 spiro atoms. The maximum Gasteiger partial charge on any atom is 0.260 e. The molecule has 5 unspecified atom stereocenters.